The number of aliphatic hydroxyl groups is 1. The Morgan fingerprint density at radius 2 is 2.28 bits per heavy atom. The SMILES string of the molecule is CN(C)C(=O)COc1cccc2c1CCC[C@@H]2O. The van der Waals surface area contributed by atoms with Crippen LogP contribution in [0.5, 0.6) is 5.75 Å². The zero-order valence-corrected chi connectivity index (χ0v) is 10.8. The molecule has 0 unspecified atom stereocenters. The molecule has 0 aliphatic heterocycles. The number of nitrogens with zero attached hydrogens (tertiary/aromatic N) is 1. The van der Waals surface area contributed by atoms with Crippen LogP contribution in [0.25, 0.3) is 0 Å². The van der Waals surface area contributed by atoms with Gasteiger partial charge in [0.2, 0.25) is 0 Å². The van der Waals surface area contributed by atoms with E-state index in [-0.39, 0.29) is 12.5 Å². The van der Waals surface area contributed by atoms with Gasteiger partial charge in [-0.15, -0.1) is 0 Å². The second-order valence-corrected chi connectivity index (χ2v) is 4.81. The summed E-state index contributed by atoms with van der Waals surface area (Å²) in [5, 5.41) is 9.92. The van der Waals surface area contributed by atoms with Crippen molar-refractivity contribution in [2.75, 3.05) is 20.7 Å². The van der Waals surface area contributed by atoms with Crippen molar-refractivity contribution in [2.45, 2.75) is 25.4 Å². The third-order valence-electron chi connectivity index (χ3n) is 3.28. The van der Waals surface area contributed by atoms with Crippen molar-refractivity contribution < 1.29 is 14.6 Å². The summed E-state index contributed by atoms with van der Waals surface area (Å²) in [6.45, 7) is 0.0412. The van der Waals surface area contributed by atoms with Crippen molar-refractivity contribution in [3.8, 4) is 5.75 Å². The molecule has 0 aromatic heterocycles. The van der Waals surface area contributed by atoms with E-state index in [1.54, 1.807) is 14.1 Å². The summed E-state index contributed by atoms with van der Waals surface area (Å²) in [5.41, 5.74) is 1.99. The highest BCUT2D eigenvalue weighted by molar-refractivity contribution is 5.77. The molecule has 4 heteroatoms. The minimum Gasteiger partial charge on any atom is -0.483 e. The van der Waals surface area contributed by atoms with E-state index in [4.69, 9.17) is 4.74 Å². The molecule has 0 radical (unpaired) electrons. The molecule has 4 nitrogen and oxygen atoms in total. The lowest BCUT2D eigenvalue weighted by molar-refractivity contribution is -0.130. The molecule has 0 saturated heterocycles. The number of ether oxygens (including phenoxy) is 1. The summed E-state index contributed by atoms with van der Waals surface area (Å²) in [7, 11) is 3.41. The van der Waals surface area contributed by atoms with Crippen molar-refractivity contribution in [2.24, 2.45) is 0 Å². The topological polar surface area (TPSA) is 49.8 Å². The molecule has 0 fully saturated rings. The summed E-state index contributed by atoms with van der Waals surface area (Å²) >= 11 is 0. The Bertz CT molecular complexity index is 443. The first-order valence-electron chi connectivity index (χ1n) is 6.22. The van der Waals surface area contributed by atoms with Crippen LogP contribution in [0.15, 0.2) is 18.2 Å². The molecule has 1 aromatic carbocycles. The summed E-state index contributed by atoms with van der Waals surface area (Å²) < 4.78 is 5.57. The Labute approximate surface area is 107 Å². The lowest BCUT2D eigenvalue weighted by atomic mass is 9.89. The number of amides is 1. The molecule has 1 aliphatic rings. The average molecular weight is 249 g/mol. The third-order valence-corrected chi connectivity index (χ3v) is 3.28. The van der Waals surface area contributed by atoms with Crippen LogP contribution in [0.4, 0.5) is 0 Å². The number of carbonyl (C=O) groups is 1. The maximum absolute atomic E-state index is 11.5. The van der Waals surface area contributed by atoms with Gasteiger partial charge in [0.1, 0.15) is 5.75 Å². The lowest BCUT2D eigenvalue weighted by Crippen LogP contribution is -2.28. The number of likely N-dealkylation sites (N-methyl/N-ethyl adjacent to an activating group) is 1. The normalized spacial score (nSPS) is 18.1. The van der Waals surface area contributed by atoms with E-state index in [2.05, 4.69) is 0 Å². The fraction of sp³-hybridized carbons (Fsp3) is 0.500. The van der Waals surface area contributed by atoms with E-state index in [1.807, 2.05) is 18.2 Å². The van der Waals surface area contributed by atoms with Gasteiger partial charge in [0, 0.05) is 14.1 Å². The van der Waals surface area contributed by atoms with Crippen molar-refractivity contribution in [3.05, 3.63) is 29.3 Å². The second-order valence-electron chi connectivity index (χ2n) is 4.81. The Kier molecular flexibility index (Phi) is 3.87. The van der Waals surface area contributed by atoms with E-state index in [0.717, 1.165) is 36.1 Å². The van der Waals surface area contributed by atoms with E-state index < -0.39 is 6.10 Å². The molecule has 0 bridgehead atoms. The molecule has 1 aromatic rings. The highest BCUT2D eigenvalue weighted by atomic mass is 16.5. The summed E-state index contributed by atoms with van der Waals surface area (Å²) in [5.74, 6) is 0.658. The van der Waals surface area contributed by atoms with Gasteiger partial charge in [-0.05, 0) is 36.5 Å². The largest absolute Gasteiger partial charge is 0.483 e. The quantitative estimate of drug-likeness (QED) is 0.883. The van der Waals surface area contributed by atoms with Crippen molar-refractivity contribution in [1.29, 1.82) is 0 Å². The van der Waals surface area contributed by atoms with E-state index in [1.165, 1.54) is 4.90 Å². The first kappa shape index (κ1) is 12.9. The molecule has 0 heterocycles. The number of rotatable bonds is 3. The Hall–Kier alpha value is -1.55. The van der Waals surface area contributed by atoms with Crippen LogP contribution in [0.3, 0.4) is 0 Å². The predicted octanol–water partition coefficient (Wildman–Crippen LogP) is 1.52. The molecule has 0 spiro atoms. The molecule has 2 rings (SSSR count). The minimum atomic E-state index is -0.401. The summed E-state index contributed by atoms with van der Waals surface area (Å²) in [6, 6.07) is 5.66. The van der Waals surface area contributed by atoms with Gasteiger partial charge in [0.25, 0.3) is 5.91 Å². The van der Waals surface area contributed by atoms with Crippen LogP contribution in [-0.4, -0.2) is 36.6 Å². The minimum absolute atomic E-state index is 0.0412. The van der Waals surface area contributed by atoms with Crippen molar-refractivity contribution in [1.82, 2.24) is 4.90 Å². The Morgan fingerprint density at radius 1 is 1.50 bits per heavy atom. The van der Waals surface area contributed by atoms with Gasteiger partial charge in [-0.3, -0.25) is 4.79 Å². The summed E-state index contributed by atoms with van der Waals surface area (Å²) in [4.78, 5) is 13.0. The molecule has 0 saturated carbocycles. The van der Waals surface area contributed by atoms with Crippen LogP contribution in [-0.2, 0) is 11.2 Å². The predicted molar refractivity (Wildman–Crippen MR) is 68.5 cm³/mol. The smallest absolute Gasteiger partial charge is 0.259 e. The first-order chi connectivity index (χ1) is 8.59. The standard InChI is InChI=1S/C14H19NO3/c1-15(2)14(17)9-18-13-8-4-5-10-11(13)6-3-7-12(10)16/h4-5,8,12,16H,3,6-7,9H2,1-2H3/t12-/m0/s1. The van der Waals surface area contributed by atoms with Crippen LogP contribution in [0.1, 0.15) is 30.1 Å². The average Bonchev–Trinajstić information content (AvgIpc) is 2.36. The lowest BCUT2D eigenvalue weighted by Gasteiger charge is -2.23. The fourth-order valence-corrected chi connectivity index (χ4v) is 2.19. The van der Waals surface area contributed by atoms with E-state index >= 15 is 0 Å². The highest BCUT2D eigenvalue weighted by Crippen LogP contribution is 2.35. The molecule has 98 valence electrons. The maximum Gasteiger partial charge on any atom is 0.259 e. The van der Waals surface area contributed by atoms with Crippen molar-refractivity contribution in [3.63, 3.8) is 0 Å². The summed E-state index contributed by atoms with van der Waals surface area (Å²) in [6.07, 6.45) is 2.25. The molecular formula is C14H19NO3. The number of hydrogen-bond acceptors (Lipinski definition) is 3. The zero-order valence-electron chi connectivity index (χ0n) is 10.8. The van der Waals surface area contributed by atoms with Crippen LogP contribution in [0.2, 0.25) is 0 Å². The Balaban J connectivity index is 2.14. The number of fused-ring (bicyclic) bond motifs is 1. The monoisotopic (exact) mass is 249 g/mol. The zero-order chi connectivity index (χ0) is 13.1. The van der Waals surface area contributed by atoms with E-state index in [9.17, 15) is 9.90 Å². The number of carbonyl (C=O) groups excluding carboxylic acids is 1. The molecule has 1 atom stereocenters. The first-order valence-corrected chi connectivity index (χ1v) is 6.22. The van der Waals surface area contributed by atoms with Gasteiger partial charge in [-0.25, -0.2) is 0 Å². The molecule has 18 heavy (non-hydrogen) atoms. The van der Waals surface area contributed by atoms with Crippen LogP contribution in [0, 0.1) is 0 Å². The molecule has 1 aliphatic carbocycles. The number of aliphatic hydroxyl groups excluding tert-OH is 1. The van der Waals surface area contributed by atoms with Gasteiger partial charge < -0.3 is 14.7 Å². The molecule has 1 N–H and O–H groups in total. The fourth-order valence-electron chi connectivity index (χ4n) is 2.19. The number of hydrogen-bond donors (Lipinski definition) is 1. The second kappa shape index (κ2) is 5.40. The van der Waals surface area contributed by atoms with Crippen LogP contribution < -0.4 is 4.74 Å². The van der Waals surface area contributed by atoms with Gasteiger partial charge in [0.15, 0.2) is 6.61 Å². The number of benzene rings is 1. The van der Waals surface area contributed by atoms with Gasteiger partial charge in [-0.1, -0.05) is 12.1 Å². The van der Waals surface area contributed by atoms with Gasteiger partial charge in [-0.2, -0.15) is 0 Å². The Morgan fingerprint density at radius 3 is 3.00 bits per heavy atom. The highest BCUT2D eigenvalue weighted by Gasteiger charge is 2.21. The third kappa shape index (κ3) is 2.64. The maximum atomic E-state index is 11.5. The van der Waals surface area contributed by atoms with Gasteiger partial charge in [0.05, 0.1) is 6.10 Å². The molecular weight excluding hydrogens is 230 g/mol. The van der Waals surface area contributed by atoms with Crippen molar-refractivity contribution >= 4 is 5.91 Å². The molecule has 1 amide bonds. The van der Waals surface area contributed by atoms with Crippen LogP contribution >= 0.6 is 0 Å². The van der Waals surface area contributed by atoms with Gasteiger partial charge >= 0.3 is 0 Å². The van der Waals surface area contributed by atoms with E-state index in [0.29, 0.717) is 0 Å².